The molecule has 0 aliphatic carbocycles. The fraction of sp³-hybridized carbons (Fsp3) is 0.167. The van der Waals surface area contributed by atoms with Crippen LogP contribution in [-0.4, -0.2) is 81.8 Å². The number of carbonyl (C=O) groups is 4. The largest absolute Gasteiger partial charge is 0.504 e. The van der Waals surface area contributed by atoms with Gasteiger partial charge in [-0.3, -0.25) is 14.5 Å². The lowest BCUT2D eigenvalue weighted by molar-refractivity contribution is -0.685. The Hall–Kier alpha value is -5.88. The van der Waals surface area contributed by atoms with Crippen molar-refractivity contribution in [2.45, 2.75) is 23.6 Å². The fourth-order valence-electron chi connectivity index (χ4n) is 5.29. The van der Waals surface area contributed by atoms with Crippen LogP contribution in [0.5, 0.6) is 11.5 Å². The third kappa shape index (κ3) is 5.77. The summed E-state index contributed by atoms with van der Waals surface area (Å²) in [6.07, 6.45) is 9.83. The minimum Gasteiger partial charge on any atom is -0.504 e. The van der Waals surface area contributed by atoms with Gasteiger partial charge < -0.3 is 36.3 Å². The lowest BCUT2D eigenvalue weighted by Crippen LogP contribution is -2.70. The number of aromatic nitrogens is 3. The number of imidazole rings is 1. The van der Waals surface area contributed by atoms with Crippen LogP contribution in [0.2, 0.25) is 0 Å². The first kappa shape index (κ1) is 32.1. The summed E-state index contributed by atoms with van der Waals surface area (Å²) in [6, 6.07) is 7.84. The molecule has 3 unspecified atom stereocenters. The molecular formula is C30H26N7O9S2+. The van der Waals surface area contributed by atoms with Gasteiger partial charge in [-0.15, -0.1) is 23.1 Å². The molecule has 4 aromatic rings. The highest BCUT2D eigenvalue weighted by Gasteiger charge is 2.54. The average Bonchev–Trinajstić information content (AvgIpc) is 3.68. The number of hydrogen-bond acceptors (Lipinski definition) is 12. The van der Waals surface area contributed by atoms with Gasteiger partial charge in [0.25, 0.3) is 11.8 Å². The summed E-state index contributed by atoms with van der Waals surface area (Å²) >= 11 is 2.18. The van der Waals surface area contributed by atoms with E-state index in [0.717, 1.165) is 40.0 Å². The number of phenolic OH excluding ortho intramolecular Hbond substituents is 2. The predicted octanol–water partition coefficient (Wildman–Crippen LogP) is 1.00. The van der Waals surface area contributed by atoms with Gasteiger partial charge in [-0.1, -0.05) is 17.3 Å². The molecule has 5 heterocycles. The number of allylic oxidation sites excluding steroid dienone is 2. The maximum absolute atomic E-state index is 13.1. The number of oxime groups is 1. The zero-order valence-electron chi connectivity index (χ0n) is 24.5. The van der Waals surface area contributed by atoms with E-state index in [9.17, 15) is 39.6 Å². The molecule has 48 heavy (non-hydrogen) atoms. The van der Waals surface area contributed by atoms with Crippen molar-refractivity contribution < 1.29 is 49.0 Å². The molecule has 0 radical (unpaired) electrons. The van der Waals surface area contributed by atoms with Crippen molar-refractivity contribution in [3.8, 4) is 11.5 Å². The van der Waals surface area contributed by atoms with Crippen LogP contribution in [0, 0.1) is 0 Å². The molecule has 3 aromatic heterocycles. The SMILES string of the molecule is Nc1nc(C(ON=CC(=O)NC2C(=O)N3C(C(=O)O)=C(C=CC[n+]4cc5ccccn5c4)CSC23)(C(=O)O)c2ccc(O)c(O)c2)cs1. The molecule has 2 aliphatic heterocycles. The van der Waals surface area contributed by atoms with Crippen molar-refractivity contribution >= 4 is 63.7 Å². The summed E-state index contributed by atoms with van der Waals surface area (Å²) in [7, 11) is 0. The number of phenols is 2. The molecule has 0 spiro atoms. The van der Waals surface area contributed by atoms with E-state index in [2.05, 4.69) is 15.5 Å². The summed E-state index contributed by atoms with van der Waals surface area (Å²) in [4.78, 5) is 61.2. The van der Waals surface area contributed by atoms with Crippen LogP contribution in [0.1, 0.15) is 11.3 Å². The Labute approximate surface area is 278 Å². The van der Waals surface area contributed by atoms with Crippen molar-refractivity contribution in [3.63, 3.8) is 0 Å². The first-order chi connectivity index (χ1) is 23.0. The number of carboxylic acid groups (broad SMARTS) is 2. The van der Waals surface area contributed by atoms with Crippen LogP contribution >= 0.6 is 23.1 Å². The molecule has 2 aliphatic rings. The number of hydrogen-bond donors (Lipinski definition) is 6. The lowest BCUT2D eigenvalue weighted by atomic mass is 9.90. The normalized spacial score (nSPS) is 18.9. The standard InChI is InChI=1S/C30H25N7O9S2/c31-29-33-21(14-48-29)30(28(44)45,17-6-7-19(38)20(39)10-17)46-32-11-22(40)34-23-25(41)37-24(27(42)43)16(13-47-26(23)37)4-3-8-35-12-18-5-1-2-9-36(18)15-35/h1-7,9-12,14-15,23,26H,8,13H2,(H6-,31,32,33,34,38,39,40,42,43,44,45)/p+1. The molecular weight excluding hydrogens is 667 g/mol. The van der Waals surface area contributed by atoms with E-state index in [1.807, 2.05) is 45.9 Å². The summed E-state index contributed by atoms with van der Waals surface area (Å²) in [6.45, 7) is 0.465. The molecule has 1 fully saturated rings. The zero-order valence-corrected chi connectivity index (χ0v) is 26.2. The topological polar surface area (TPSA) is 233 Å². The Balaban J connectivity index is 1.15. The fourth-order valence-corrected chi connectivity index (χ4v) is 7.21. The Morgan fingerprint density at radius 3 is 2.71 bits per heavy atom. The Bertz CT molecular complexity index is 2020. The number of aliphatic carboxylic acids is 2. The van der Waals surface area contributed by atoms with Gasteiger partial charge >= 0.3 is 17.5 Å². The second kappa shape index (κ2) is 12.7. The smallest absolute Gasteiger partial charge is 0.362 e. The van der Waals surface area contributed by atoms with Gasteiger partial charge in [-0.05, 0) is 42.0 Å². The molecule has 16 nitrogen and oxygen atoms in total. The van der Waals surface area contributed by atoms with E-state index in [1.54, 1.807) is 12.2 Å². The number of fused-ring (bicyclic) bond motifs is 2. The number of pyridine rings is 1. The van der Waals surface area contributed by atoms with Gasteiger partial charge in [0.05, 0.1) is 6.20 Å². The van der Waals surface area contributed by atoms with Crippen molar-refractivity contribution in [2.24, 2.45) is 5.16 Å². The number of benzene rings is 1. The number of nitrogens with one attached hydrogen (secondary N) is 1. The monoisotopic (exact) mass is 692 g/mol. The molecule has 1 aromatic carbocycles. The molecule has 0 bridgehead atoms. The summed E-state index contributed by atoms with van der Waals surface area (Å²) in [5, 5.41) is 46.6. The van der Waals surface area contributed by atoms with Crippen LogP contribution in [0.15, 0.2) is 89.1 Å². The molecule has 2 amide bonds. The Morgan fingerprint density at radius 1 is 1.21 bits per heavy atom. The first-order valence-electron chi connectivity index (χ1n) is 14.0. The number of carboxylic acids is 2. The van der Waals surface area contributed by atoms with E-state index >= 15 is 0 Å². The summed E-state index contributed by atoms with van der Waals surface area (Å²) in [5.41, 5.74) is 4.05. The molecule has 7 N–H and O–H groups in total. The van der Waals surface area contributed by atoms with Crippen LogP contribution in [0.3, 0.4) is 0 Å². The number of anilines is 1. The van der Waals surface area contributed by atoms with Crippen LogP contribution in [0.25, 0.3) is 5.52 Å². The molecule has 18 heteroatoms. The number of carbonyl (C=O) groups excluding carboxylic acids is 2. The maximum Gasteiger partial charge on any atom is 0.362 e. The second-order valence-corrected chi connectivity index (χ2v) is 12.5. The lowest BCUT2D eigenvalue weighted by Gasteiger charge is -2.49. The summed E-state index contributed by atoms with van der Waals surface area (Å²) in [5.74, 6) is -5.40. The number of nitrogen functional groups attached to an aromatic ring is 1. The van der Waals surface area contributed by atoms with Gasteiger partial charge in [-0.25, -0.2) is 23.5 Å². The maximum atomic E-state index is 13.1. The highest BCUT2D eigenvalue weighted by atomic mass is 32.2. The minimum absolute atomic E-state index is 0.00378. The van der Waals surface area contributed by atoms with Crippen molar-refractivity contribution in [3.05, 3.63) is 95.2 Å². The predicted molar refractivity (Wildman–Crippen MR) is 171 cm³/mol. The van der Waals surface area contributed by atoms with Crippen LogP contribution in [0.4, 0.5) is 5.13 Å². The molecule has 6 rings (SSSR count). The highest BCUT2D eigenvalue weighted by molar-refractivity contribution is 8.00. The van der Waals surface area contributed by atoms with Gasteiger partial charge in [0, 0.05) is 16.7 Å². The van der Waals surface area contributed by atoms with Gasteiger partial charge in [0.15, 0.2) is 22.1 Å². The number of aromatic hydroxyl groups is 2. The number of amides is 2. The third-order valence-corrected chi connectivity index (χ3v) is 9.53. The number of nitrogens with two attached hydrogens (primary N) is 1. The molecule has 1 saturated heterocycles. The van der Waals surface area contributed by atoms with E-state index in [1.165, 1.54) is 17.1 Å². The highest BCUT2D eigenvalue weighted by Crippen LogP contribution is 2.41. The molecule has 3 atom stereocenters. The van der Waals surface area contributed by atoms with E-state index in [4.69, 9.17) is 10.6 Å². The number of nitrogens with zero attached hydrogens (tertiary/aromatic N) is 5. The minimum atomic E-state index is -2.49. The zero-order chi connectivity index (χ0) is 34.2. The second-order valence-electron chi connectivity index (χ2n) is 10.5. The van der Waals surface area contributed by atoms with Gasteiger partial charge in [0.2, 0.25) is 6.33 Å². The van der Waals surface area contributed by atoms with Crippen LogP contribution < -0.4 is 15.6 Å². The van der Waals surface area contributed by atoms with Crippen molar-refractivity contribution in [2.75, 3.05) is 11.5 Å². The van der Waals surface area contributed by atoms with Crippen molar-refractivity contribution in [1.82, 2.24) is 19.6 Å². The first-order valence-corrected chi connectivity index (χ1v) is 15.9. The van der Waals surface area contributed by atoms with Crippen LogP contribution in [-0.2, 0) is 36.2 Å². The van der Waals surface area contributed by atoms with E-state index in [-0.39, 0.29) is 27.8 Å². The molecule has 246 valence electrons. The summed E-state index contributed by atoms with van der Waals surface area (Å²) < 4.78 is 3.88. The number of thioether (sulfide) groups is 1. The Morgan fingerprint density at radius 2 is 2.02 bits per heavy atom. The molecule has 0 saturated carbocycles. The van der Waals surface area contributed by atoms with Crippen molar-refractivity contribution in [1.29, 1.82) is 0 Å². The quantitative estimate of drug-likeness (QED) is 0.0425. The van der Waals surface area contributed by atoms with Gasteiger partial charge in [0.1, 0.15) is 41.8 Å². The van der Waals surface area contributed by atoms with E-state index in [0.29, 0.717) is 18.3 Å². The van der Waals surface area contributed by atoms with Gasteiger partial charge in [-0.2, -0.15) is 0 Å². The Kier molecular flexibility index (Phi) is 8.50. The number of thiazole rings is 1. The number of rotatable bonds is 11. The van der Waals surface area contributed by atoms with E-state index < -0.39 is 52.3 Å². The third-order valence-electron chi connectivity index (χ3n) is 7.55. The number of β-lactam (4-membered cyclic amide) rings is 1. The average molecular weight is 693 g/mol.